The van der Waals surface area contributed by atoms with Crippen molar-refractivity contribution in [1.82, 2.24) is 0 Å². The van der Waals surface area contributed by atoms with Crippen LogP contribution in [-0.4, -0.2) is 6.54 Å². The number of halogens is 2. The molecule has 0 fully saturated rings. The lowest BCUT2D eigenvalue weighted by Crippen LogP contribution is -2.04. The van der Waals surface area contributed by atoms with Gasteiger partial charge < -0.3 is 5.32 Å². The maximum absolute atomic E-state index is 13.4. The van der Waals surface area contributed by atoms with E-state index in [1.54, 1.807) is 18.2 Å². The van der Waals surface area contributed by atoms with Gasteiger partial charge in [-0.15, -0.1) is 0 Å². The molecule has 0 aliphatic carbocycles. The second-order valence-corrected chi connectivity index (χ2v) is 4.47. The van der Waals surface area contributed by atoms with Crippen molar-refractivity contribution in [2.45, 2.75) is 26.7 Å². The topological polar surface area (TPSA) is 12.0 Å². The van der Waals surface area contributed by atoms with Crippen molar-refractivity contribution in [1.29, 1.82) is 0 Å². The molecule has 0 heterocycles. The van der Waals surface area contributed by atoms with E-state index in [0.29, 0.717) is 11.6 Å². The summed E-state index contributed by atoms with van der Waals surface area (Å²) in [7, 11) is 0. The number of hydrogen-bond donors (Lipinski definition) is 1. The van der Waals surface area contributed by atoms with E-state index >= 15 is 0 Å². The fourth-order valence-corrected chi connectivity index (χ4v) is 1.55. The molecule has 84 valence electrons. The number of hydrogen-bond acceptors (Lipinski definition) is 1. The molecule has 0 radical (unpaired) electrons. The van der Waals surface area contributed by atoms with Gasteiger partial charge in [-0.3, -0.25) is 0 Å². The largest absolute Gasteiger partial charge is 0.383 e. The monoisotopic (exact) mass is 229 g/mol. The normalized spacial score (nSPS) is 10.7. The molecular formula is C12H17ClFN. The second kappa shape index (κ2) is 5.96. The number of rotatable bonds is 5. The molecule has 0 aliphatic rings. The minimum absolute atomic E-state index is 0.170. The average molecular weight is 230 g/mol. The van der Waals surface area contributed by atoms with Gasteiger partial charge in [0.05, 0.1) is 10.7 Å². The lowest BCUT2D eigenvalue weighted by Gasteiger charge is -2.09. The van der Waals surface area contributed by atoms with E-state index < -0.39 is 0 Å². The van der Waals surface area contributed by atoms with Crippen LogP contribution in [0.5, 0.6) is 0 Å². The highest BCUT2D eigenvalue weighted by Gasteiger charge is 2.04. The maximum atomic E-state index is 13.4. The third-order valence-electron chi connectivity index (χ3n) is 2.23. The maximum Gasteiger partial charge on any atom is 0.164 e. The minimum Gasteiger partial charge on any atom is -0.383 e. The SMILES string of the molecule is CC(C)CCCNc1cccc(Cl)c1F. The smallest absolute Gasteiger partial charge is 0.164 e. The zero-order valence-electron chi connectivity index (χ0n) is 9.19. The summed E-state index contributed by atoms with van der Waals surface area (Å²) in [5.41, 5.74) is 0.492. The highest BCUT2D eigenvalue weighted by Crippen LogP contribution is 2.21. The lowest BCUT2D eigenvalue weighted by molar-refractivity contribution is 0.565. The predicted molar refractivity (Wildman–Crippen MR) is 64.0 cm³/mol. The van der Waals surface area contributed by atoms with Gasteiger partial charge in [-0.05, 0) is 30.9 Å². The summed E-state index contributed by atoms with van der Waals surface area (Å²) in [5, 5.41) is 3.22. The lowest BCUT2D eigenvalue weighted by atomic mass is 10.1. The fourth-order valence-electron chi connectivity index (χ4n) is 1.37. The number of benzene rings is 1. The molecule has 0 aromatic heterocycles. The van der Waals surface area contributed by atoms with Gasteiger partial charge in [-0.1, -0.05) is 31.5 Å². The molecule has 0 spiro atoms. The zero-order valence-corrected chi connectivity index (χ0v) is 9.94. The molecule has 0 saturated carbocycles. The summed E-state index contributed by atoms with van der Waals surface area (Å²) in [6.45, 7) is 5.15. The molecule has 0 aliphatic heterocycles. The average Bonchev–Trinajstić information content (AvgIpc) is 2.18. The van der Waals surface area contributed by atoms with Crippen molar-refractivity contribution >= 4 is 17.3 Å². The minimum atomic E-state index is -0.358. The number of anilines is 1. The standard InChI is InChI=1S/C12H17ClFN/c1-9(2)5-4-8-15-11-7-3-6-10(13)12(11)14/h3,6-7,9,15H,4-5,8H2,1-2H3. The summed E-state index contributed by atoms with van der Waals surface area (Å²) in [6, 6.07) is 5.00. The van der Waals surface area contributed by atoms with E-state index in [2.05, 4.69) is 19.2 Å². The molecule has 0 unspecified atom stereocenters. The van der Waals surface area contributed by atoms with E-state index in [1.165, 1.54) is 0 Å². The summed E-state index contributed by atoms with van der Waals surface area (Å²) in [6.07, 6.45) is 2.19. The Morgan fingerprint density at radius 3 is 2.80 bits per heavy atom. The Morgan fingerprint density at radius 1 is 1.40 bits per heavy atom. The van der Waals surface area contributed by atoms with Crippen molar-refractivity contribution in [2.75, 3.05) is 11.9 Å². The fraction of sp³-hybridized carbons (Fsp3) is 0.500. The first-order chi connectivity index (χ1) is 7.11. The van der Waals surface area contributed by atoms with Crippen LogP contribution < -0.4 is 5.32 Å². The van der Waals surface area contributed by atoms with Crippen molar-refractivity contribution in [3.05, 3.63) is 29.0 Å². The van der Waals surface area contributed by atoms with Crippen molar-refractivity contribution < 1.29 is 4.39 Å². The van der Waals surface area contributed by atoms with Crippen LogP contribution in [0.15, 0.2) is 18.2 Å². The van der Waals surface area contributed by atoms with E-state index in [0.717, 1.165) is 19.4 Å². The Labute approximate surface area is 95.6 Å². The van der Waals surface area contributed by atoms with Crippen molar-refractivity contribution in [3.63, 3.8) is 0 Å². The van der Waals surface area contributed by atoms with Crippen LogP contribution in [0, 0.1) is 11.7 Å². The first-order valence-corrected chi connectivity index (χ1v) is 5.67. The Balaban J connectivity index is 2.41. The van der Waals surface area contributed by atoms with Gasteiger partial charge >= 0.3 is 0 Å². The van der Waals surface area contributed by atoms with Crippen LogP contribution >= 0.6 is 11.6 Å². The molecule has 1 rings (SSSR count). The summed E-state index contributed by atoms with van der Waals surface area (Å²) >= 11 is 5.66. The first kappa shape index (κ1) is 12.3. The highest BCUT2D eigenvalue weighted by atomic mass is 35.5. The highest BCUT2D eigenvalue weighted by molar-refractivity contribution is 6.31. The third kappa shape index (κ3) is 4.08. The number of nitrogens with one attached hydrogen (secondary N) is 1. The van der Waals surface area contributed by atoms with Crippen LogP contribution in [0.2, 0.25) is 5.02 Å². The summed E-state index contributed by atoms with van der Waals surface area (Å²) in [4.78, 5) is 0. The van der Waals surface area contributed by atoms with E-state index in [4.69, 9.17) is 11.6 Å². The van der Waals surface area contributed by atoms with Crippen LogP contribution in [0.25, 0.3) is 0 Å². The molecule has 0 amide bonds. The Kier molecular flexibility index (Phi) is 4.89. The van der Waals surface area contributed by atoms with Gasteiger partial charge in [0.1, 0.15) is 0 Å². The van der Waals surface area contributed by atoms with Gasteiger partial charge in [0.2, 0.25) is 0 Å². The van der Waals surface area contributed by atoms with Crippen molar-refractivity contribution in [2.24, 2.45) is 5.92 Å². The molecule has 1 aromatic rings. The summed E-state index contributed by atoms with van der Waals surface area (Å²) in [5.74, 6) is 0.333. The molecule has 1 aromatic carbocycles. The van der Waals surface area contributed by atoms with Crippen LogP contribution in [0.4, 0.5) is 10.1 Å². The van der Waals surface area contributed by atoms with Crippen molar-refractivity contribution in [3.8, 4) is 0 Å². The van der Waals surface area contributed by atoms with Gasteiger partial charge in [-0.2, -0.15) is 0 Å². The van der Waals surface area contributed by atoms with E-state index in [1.807, 2.05) is 0 Å². The van der Waals surface area contributed by atoms with Crippen LogP contribution in [-0.2, 0) is 0 Å². The molecule has 0 bridgehead atoms. The van der Waals surface area contributed by atoms with E-state index in [9.17, 15) is 4.39 Å². The van der Waals surface area contributed by atoms with Gasteiger partial charge in [0, 0.05) is 6.54 Å². The Hall–Kier alpha value is -0.760. The second-order valence-electron chi connectivity index (χ2n) is 4.06. The first-order valence-electron chi connectivity index (χ1n) is 5.29. The van der Waals surface area contributed by atoms with E-state index in [-0.39, 0.29) is 10.8 Å². The molecule has 3 heteroatoms. The molecule has 0 saturated heterocycles. The van der Waals surface area contributed by atoms with Crippen LogP contribution in [0.3, 0.4) is 0 Å². The quantitative estimate of drug-likeness (QED) is 0.742. The van der Waals surface area contributed by atoms with Gasteiger partial charge in [-0.25, -0.2) is 4.39 Å². The van der Waals surface area contributed by atoms with Gasteiger partial charge in [0.15, 0.2) is 5.82 Å². The Bertz CT molecular complexity index is 312. The molecule has 1 N–H and O–H groups in total. The molecule has 0 atom stereocenters. The zero-order chi connectivity index (χ0) is 11.3. The molecular weight excluding hydrogens is 213 g/mol. The third-order valence-corrected chi connectivity index (χ3v) is 2.52. The molecule has 1 nitrogen and oxygen atoms in total. The summed E-state index contributed by atoms with van der Waals surface area (Å²) < 4.78 is 13.4. The molecule has 15 heavy (non-hydrogen) atoms. The van der Waals surface area contributed by atoms with Crippen LogP contribution in [0.1, 0.15) is 26.7 Å². The Morgan fingerprint density at radius 2 is 2.13 bits per heavy atom. The van der Waals surface area contributed by atoms with Gasteiger partial charge in [0.25, 0.3) is 0 Å². The predicted octanol–water partition coefficient (Wildman–Crippen LogP) is 4.33.